The predicted octanol–water partition coefficient (Wildman–Crippen LogP) is 5.84. The second kappa shape index (κ2) is 11.3. The Morgan fingerprint density at radius 1 is 1.03 bits per heavy atom. The van der Waals surface area contributed by atoms with Gasteiger partial charge >= 0.3 is 11.9 Å². The summed E-state index contributed by atoms with van der Waals surface area (Å²) in [7, 11) is 0. The molecular formula is C22H21Cl2NO4. The lowest BCUT2D eigenvalue weighted by atomic mass is 10.1. The topological polar surface area (TPSA) is 64.6 Å². The predicted molar refractivity (Wildman–Crippen MR) is 115 cm³/mol. The molecule has 0 radical (unpaired) electrons. The number of benzene rings is 2. The standard InChI is InChI=1S/C22H21Cl2NO4/c1-3-4-5-13-20(26)28-15(2)29-21(27)14-16-9-6-7-12-19(16)25-22-17(23)10-8-11-18(22)24/h3-13,15,25H,14H2,1-2H3. The number of halogens is 2. The van der Waals surface area contributed by atoms with Gasteiger partial charge in [0.05, 0.1) is 22.2 Å². The Hall–Kier alpha value is -2.76. The first-order chi connectivity index (χ1) is 13.9. The van der Waals surface area contributed by atoms with Crippen molar-refractivity contribution < 1.29 is 19.1 Å². The average Bonchev–Trinajstić information content (AvgIpc) is 2.66. The number of hydrogen-bond donors (Lipinski definition) is 1. The van der Waals surface area contributed by atoms with Crippen LogP contribution in [0.25, 0.3) is 0 Å². The normalized spacial score (nSPS) is 12.1. The first kappa shape index (κ1) is 22.5. The van der Waals surface area contributed by atoms with E-state index in [9.17, 15) is 9.59 Å². The van der Waals surface area contributed by atoms with E-state index < -0.39 is 18.2 Å². The monoisotopic (exact) mass is 433 g/mol. The molecule has 2 aromatic carbocycles. The molecule has 0 aromatic heterocycles. The van der Waals surface area contributed by atoms with Gasteiger partial charge in [-0.15, -0.1) is 0 Å². The van der Waals surface area contributed by atoms with Crippen LogP contribution in [-0.4, -0.2) is 18.2 Å². The van der Waals surface area contributed by atoms with Crippen molar-refractivity contribution in [3.63, 3.8) is 0 Å². The van der Waals surface area contributed by atoms with Crippen LogP contribution in [0.2, 0.25) is 10.0 Å². The summed E-state index contributed by atoms with van der Waals surface area (Å²) < 4.78 is 10.2. The molecule has 5 nitrogen and oxygen atoms in total. The average molecular weight is 434 g/mol. The van der Waals surface area contributed by atoms with Crippen LogP contribution in [-0.2, 0) is 25.5 Å². The van der Waals surface area contributed by atoms with Crippen LogP contribution in [0.15, 0.2) is 66.8 Å². The molecular weight excluding hydrogens is 413 g/mol. The van der Waals surface area contributed by atoms with Gasteiger partial charge in [0.1, 0.15) is 0 Å². The SMILES string of the molecule is CC=CC=CC(=O)OC(C)OC(=O)Cc1ccccc1Nc1c(Cl)cccc1Cl. The molecule has 0 amide bonds. The van der Waals surface area contributed by atoms with E-state index in [1.165, 1.54) is 13.0 Å². The Kier molecular flexibility index (Phi) is 8.77. The van der Waals surface area contributed by atoms with Gasteiger partial charge in [-0.3, -0.25) is 4.79 Å². The van der Waals surface area contributed by atoms with Crippen LogP contribution < -0.4 is 5.32 Å². The highest BCUT2D eigenvalue weighted by Crippen LogP contribution is 2.33. The molecule has 2 rings (SSSR count). The van der Waals surface area contributed by atoms with E-state index in [0.717, 1.165) is 0 Å². The third-order valence-electron chi connectivity index (χ3n) is 3.69. The molecule has 29 heavy (non-hydrogen) atoms. The summed E-state index contributed by atoms with van der Waals surface area (Å²) in [4.78, 5) is 23.9. The minimum Gasteiger partial charge on any atom is -0.425 e. The van der Waals surface area contributed by atoms with Gasteiger partial charge in [-0.1, -0.05) is 65.7 Å². The molecule has 7 heteroatoms. The van der Waals surface area contributed by atoms with E-state index in [-0.39, 0.29) is 6.42 Å². The highest BCUT2D eigenvalue weighted by atomic mass is 35.5. The number of rotatable bonds is 8. The van der Waals surface area contributed by atoms with Crippen LogP contribution in [0.3, 0.4) is 0 Å². The molecule has 0 saturated heterocycles. The zero-order valence-electron chi connectivity index (χ0n) is 16.0. The maximum atomic E-state index is 12.3. The molecule has 0 spiro atoms. The van der Waals surface area contributed by atoms with Crippen LogP contribution >= 0.6 is 23.2 Å². The van der Waals surface area contributed by atoms with E-state index in [1.54, 1.807) is 54.6 Å². The summed E-state index contributed by atoms with van der Waals surface area (Å²) in [5.74, 6) is -1.14. The van der Waals surface area contributed by atoms with Crippen LogP contribution in [0.5, 0.6) is 0 Å². The molecule has 0 fully saturated rings. The van der Waals surface area contributed by atoms with Crippen molar-refractivity contribution in [1.82, 2.24) is 0 Å². The zero-order valence-corrected chi connectivity index (χ0v) is 17.5. The molecule has 0 aliphatic heterocycles. The van der Waals surface area contributed by atoms with Crippen molar-refractivity contribution in [1.29, 1.82) is 0 Å². The Bertz CT molecular complexity index is 905. The fourth-order valence-corrected chi connectivity index (χ4v) is 2.89. The second-order valence-corrected chi connectivity index (χ2v) is 6.75. The molecule has 1 N–H and O–H groups in total. The van der Waals surface area contributed by atoms with Crippen molar-refractivity contribution in [2.75, 3.05) is 5.32 Å². The first-order valence-corrected chi connectivity index (χ1v) is 9.64. The number of nitrogens with one attached hydrogen (secondary N) is 1. The van der Waals surface area contributed by atoms with Gasteiger partial charge in [0.15, 0.2) is 0 Å². The number of anilines is 2. The summed E-state index contributed by atoms with van der Waals surface area (Å²) in [6.07, 6.45) is 5.21. The first-order valence-electron chi connectivity index (χ1n) is 8.89. The molecule has 0 aliphatic rings. The Labute approximate surface area is 179 Å². The van der Waals surface area contributed by atoms with Gasteiger partial charge < -0.3 is 14.8 Å². The number of carbonyl (C=O) groups is 2. The van der Waals surface area contributed by atoms with E-state index in [4.69, 9.17) is 32.7 Å². The molecule has 0 saturated carbocycles. The largest absolute Gasteiger partial charge is 0.425 e. The molecule has 2 aromatic rings. The molecule has 1 unspecified atom stereocenters. The lowest BCUT2D eigenvalue weighted by molar-refractivity contribution is -0.180. The summed E-state index contributed by atoms with van der Waals surface area (Å²) in [5.41, 5.74) is 1.89. The van der Waals surface area contributed by atoms with Gasteiger partial charge in [0, 0.05) is 18.7 Å². The Morgan fingerprint density at radius 3 is 2.41 bits per heavy atom. The summed E-state index contributed by atoms with van der Waals surface area (Å²) in [5, 5.41) is 4.08. The fourth-order valence-electron chi connectivity index (χ4n) is 2.40. The van der Waals surface area contributed by atoms with Crippen molar-refractivity contribution >= 4 is 46.5 Å². The maximum absolute atomic E-state index is 12.3. The number of hydrogen-bond acceptors (Lipinski definition) is 5. The number of para-hydroxylation sites is 2. The Balaban J connectivity index is 2.01. The third kappa shape index (κ3) is 7.29. The smallest absolute Gasteiger partial charge is 0.333 e. The van der Waals surface area contributed by atoms with E-state index in [0.29, 0.717) is 27.0 Å². The maximum Gasteiger partial charge on any atom is 0.333 e. The van der Waals surface area contributed by atoms with E-state index >= 15 is 0 Å². The number of esters is 2. The van der Waals surface area contributed by atoms with Gasteiger partial charge in [0.2, 0.25) is 6.29 Å². The Morgan fingerprint density at radius 2 is 1.72 bits per heavy atom. The van der Waals surface area contributed by atoms with Gasteiger partial charge in [-0.2, -0.15) is 0 Å². The summed E-state index contributed by atoms with van der Waals surface area (Å²) >= 11 is 12.4. The van der Waals surface area contributed by atoms with Gasteiger partial charge in [0.25, 0.3) is 0 Å². The molecule has 0 heterocycles. The van der Waals surface area contributed by atoms with Gasteiger partial charge in [-0.05, 0) is 30.7 Å². The lowest BCUT2D eigenvalue weighted by Gasteiger charge is -2.16. The number of carbonyl (C=O) groups excluding carboxylic acids is 2. The van der Waals surface area contributed by atoms with Crippen molar-refractivity contribution in [3.8, 4) is 0 Å². The minimum absolute atomic E-state index is 0.0262. The van der Waals surface area contributed by atoms with Crippen LogP contribution in [0, 0.1) is 0 Å². The van der Waals surface area contributed by atoms with Crippen LogP contribution in [0.1, 0.15) is 19.4 Å². The second-order valence-electron chi connectivity index (χ2n) is 5.93. The van der Waals surface area contributed by atoms with Crippen molar-refractivity contribution in [2.24, 2.45) is 0 Å². The third-order valence-corrected chi connectivity index (χ3v) is 4.32. The van der Waals surface area contributed by atoms with Crippen molar-refractivity contribution in [3.05, 3.63) is 82.4 Å². The zero-order chi connectivity index (χ0) is 21.2. The molecule has 0 aliphatic carbocycles. The van der Waals surface area contributed by atoms with E-state index in [2.05, 4.69) is 5.32 Å². The lowest BCUT2D eigenvalue weighted by Crippen LogP contribution is -2.22. The molecule has 0 bridgehead atoms. The van der Waals surface area contributed by atoms with Gasteiger partial charge in [-0.25, -0.2) is 4.79 Å². The highest BCUT2D eigenvalue weighted by Gasteiger charge is 2.16. The van der Waals surface area contributed by atoms with Crippen LogP contribution in [0.4, 0.5) is 11.4 Å². The van der Waals surface area contributed by atoms with Crippen molar-refractivity contribution in [2.45, 2.75) is 26.6 Å². The highest BCUT2D eigenvalue weighted by molar-refractivity contribution is 6.39. The minimum atomic E-state index is -1.01. The molecule has 1 atom stereocenters. The summed E-state index contributed by atoms with van der Waals surface area (Å²) in [6.45, 7) is 3.30. The van der Waals surface area contributed by atoms with E-state index in [1.807, 2.05) is 13.0 Å². The molecule has 152 valence electrons. The number of ether oxygens (including phenoxy) is 2. The quantitative estimate of drug-likeness (QED) is 0.245. The summed E-state index contributed by atoms with van der Waals surface area (Å²) in [6, 6.07) is 12.4. The fraction of sp³-hybridized carbons (Fsp3) is 0.182. The number of allylic oxidation sites excluding steroid dienone is 3.